The molecular weight excluding hydrogens is 300 g/mol. The lowest BCUT2D eigenvalue weighted by Crippen LogP contribution is -2.69. The number of ketones is 1. The van der Waals surface area contributed by atoms with Gasteiger partial charge in [0.25, 0.3) is 0 Å². The average molecular weight is 322 g/mol. The molecule has 0 aromatic carbocycles. The SMILES string of the molecule is CC(=O)O[C@@H]1C[C@H]2O[C@@H]3C=C(C)C(=O)[C@@H](O)[C@]3(C)[C@]1(C)[C@@]21CO1. The molecule has 2 heterocycles. The van der Waals surface area contributed by atoms with Crippen LogP contribution in [0, 0.1) is 10.8 Å². The van der Waals surface area contributed by atoms with Crippen LogP contribution in [0.25, 0.3) is 0 Å². The molecule has 1 N–H and O–H groups in total. The van der Waals surface area contributed by atoms with Crippen molar-refractivity contribution in [2.75, 3.05) is 6.61 Å². The Labute approximate surface area is 134 Å². The van der Waals surface area contributed by atoms with E-state index in [1.807, 2.05) is 13.8 Å². The maximum absolute atomic E-state index is 12.4. The molecule has 1 spiro atoms. The van der Waals surface area contributed by atoms with Crippen LogP contribution in [0.4, 0.5) is 0 Å². The molecule has 126 valence electrons. The number of hydrogen-bond donors (Lipinski definition) is 1. The predicted octanol–water partition coefficient (Wildman–Crippen LogP) is 0.761. The normalized spacial score (nSPS) is 53.8. The average Bonchev–Trinajstić information content (AvgIpc) is 3.24. The molecule has 0 aromatic heterocycles. The van der Waals surface area contributed by atoms with Crippen LogP contribution < -0.4 is 0 Å². The van der Waals surface area contributed by atoms with Crippen molar-refractivity contribution in [3.63, 3.8) is 0 Å². The summed E-state index contributed by atoms with van der Waals surface area (Å²) in [5, 5.41) is 10.8. The number of ether oxygens (including phenoxy) is 3. The van der Waals surface area contributed by atoms with Crippen molar-refractivity contribution < 1.29 is 28.9 Å². The van der Waals surface area contributed by atoms with E-state index in [9.17, 15) is 14.7 Å². The Balaban J connectivity index is 1.89. The molecule has 1 saturated carbocycles. The number of aliphatic hydroxyl groups excluding tert-OH is 1. The lowest BCUT2D eigenvalue weighted by Gasteiger charge is -2.58. The van der Waals surface area contributed by atoms with Crippen molar-refractivity contribution in [2.24, 2.45) is 10.8 Å². The minimum atomic E-state index is -1.21. The van der Waals surface area contributed by atoms with Crippen molar-refractivity contribution in [1.29, 1.82) is 0 Å². The van der Waals surface area contributed by atoms with Gasteiger partial charge in [-0.05, 0) is 18.6 Å². The zero-order valence-electron chi connectivity index (χ0n) is 13.8. The van der Waals surface area contributed by atoms with Crippen molar-refractivity contribution >= 4 is 11.8 Å². The highest BCUT2D eigenvalue weighted by molar-refractivity contribution is 6.00. The van der Waals surface area contributed by atoms with E-state index in [2.05, 4.69) is 0 Å². The number of carbonyl (C=O) groups excluding carboxylic acids is 2. The minimum Gasteiger partial charge on any atom is -0.462 e. The summed E-state index contributed by atoms with van der Waals surface area (Å²) in [5.74, 6) is -0.667. The molecule has 7 atom stereocenters. The summed E-state index contributed by atoms with van der Waals surface area (Å²) in [4.78, 5) is 24.0. The summed E-state index contributed by atoms with van der Waals surface area (Å²) in [6.45, 7) is 7.39. The highest BCUT2D eigenvalue weighted by atomic mass is 16.6. The highest BCUT2D eigenvalue weighted by Gasteiger charge is 2.83. The quantitative estimate of drug-likeness (QED) is 0.567. The van der Waals surface area contributed by atoms with Gasteiger partial charge in [-0.3, -0.25) is 9.59 Å². The second kappa shape index (κ2) is 4.23. The molecular formula is C17H22O6. The van der Waals surface area contributed by atoms with Gasteiger partial charge in [-0.25, -0.2) is 0 Å². The fraction of sp³-hybridized carbons (Fsp3) is 0.765. The first-order valence-electron chi connectivity index (χ1n) is 8.06. The van der Waals surface area contributed by atoms with Crippen LogP contribution in [0.3, 0.4) is 0 Å². The predicted molar refractivity (Wildman–Crippen MR) is 78.5 cm³/mol. The Kier molecular flexibility index (Phi) is 2.82. The molecule has 3 fully saturated rings. The minimum absolute atomic E-state index is 0.195. The summed E-state index contributed by atoms with van der Waals surface area (Å²) in [6.07, 6.45) is 0.0687. The number of fused-ring (bicyclic) bond motifs is 2. The van der Waals surface area contributed by atoms with Gasteiger partial charge in [-0.1, -0.05) is 13.8 Å². The Bertz CT molecular complexity index is 635. The van der Waals surface area contributed by atoms with E-state index in [1.54, 1.807) is 13.0 Å². The maximum Gasteiger partial charge on any atom is 0.302 e. The van der Waals surface area contributed by atoms with Crippen molar-refractivity contribution in [2.45, 2.75) is 64.1 Å². The lowest BCUT2D eigenvalue weighted by molar-refractivity contribution is -0.236. The number of esters is 1. The first kappa shape index (κ1) is 15.3. The van der Waals surface area contributed by atoms with Crippen molar-refractivity contribution in [3.05, 3.63) is 11.6 Å². The number of hydrogen-bond acceptors (Lipinski definition) is 6. The van der Waals surface area contributed by atoms with Crippen LogP contribution in [-0.4, -0.2) is 53.5 Å². The van der Waals surface area contributed by atoms with Crippen LogP contribution in [0.2, 0.25) is 0 Å². The molecule has 2 bridgehead atoms. The topological polar surface area (TPSA) is 85.4 Å². The summed E-state index contributed by atoms with van der Waals surface area (Å²) >= 11 is 0. The van der Waals surface area contributed by atoms with Crippen LogP contribution in [0.15, 0.2) is 11.6 Å². The second-order valence-corrected chi connectivity index (χ2v) is 7.66. The smallest absolute Gasteiger partial charge is 0.302 e. The third-order valence-corrected chi connectivity index (χ3v) is 6.86. The molecule has 2 aliphatic heterocycles. The van der Waals surface area contributed by atoms with E-state index in [1.165, 1.54) is 6.92 Å². The molecule has 6 heteroatoms. The van der Waals surface area contributed by atoms with Gasteiger partial charge >= 0.3 is 5.97 Å². The molecule has 23 heavy (non-hydrogen) atoms. The fourth-order valence-corrected chi connectivity index (χ4v) is 5.19. The standard InChI is InChI=1S/C17H22O6/c1-8-5-10-15(3,14(20)13(8)19)16(4)11(22-9(2)18)6-12(23-10)17(16)7-21-17/h5,10-12,14,20H,6-7H2,1-4H3/t10-,11-,12-,14-,15-,16-,17-/m1/s1. The van der Waals surface area contributed by atoms with Gasteiger partial charge < -0.3 is 19.3 Å². The van der Waals surface area contributed by atoms with Crippen LogP contribution in [-0.2, 0) is 23.8 Å². The number of carbonyl (C=O) groups is 2. The molecule has 6 nitrogen and oxygen atoms in total. The van der Waals surface area contributed by atoms with E-state index < -0.39 is 34.7 Å². The highest BCUT2D eigenvalue weighted by Crippen LogP contribution is 2.71. The van der Waals surface area contributed by atoms with Gasteiger partial charge in [0.05, 0.1) is 18.8 Å². The van der Waals surface area contributed by atoms with E-state index in [0.717, 1.165) is 0 Å². The Morgan fingerprint density at radius 3 is 2.65 bits per heavy atom. The number of aliphatic hydroxyl groups is 1. The maximum atomic E-state index is 12.4. The van der Waals surface area contributed by atoms with Crippen LogP contribution in [0.5, 0.6) is 0 Å². The van der Waals surface area contributed by atoms with Gasteiger partial charge in [0.1, 0.15) is 17.8 Å². The van der Waals surface area contributed by atoms with Gasteiger partial charge in [0.15, 0.2) is 5.78 Å². The third kappa shape index (κ3) is 1.50. The van der Waals surface area contributed by atoms with Crippen LogP contribution in [0.1, 0.15) is 34.1 Å². The Morgan fingerprint density at radius 1 is 1.43 bits per heavy atom. The van der Waals surface area contributed by atoms with Crippen molar-refractivity contribution in [1.82, 2.24) is 0 Å². The number of epoxide rings is 1. The fourth-order valence-electron chi connectivity index (χ4n) is 5.19. The molecule has 0 amide bonds. The third-order valence-electron chi connectivity index (χ3n) is 6.86. The van der Waals surface area contributed by atoms with E-state index >= 15 is 0 Å². The molecule has 0 aromatic rings. The van der Waals surface area contributed by atoms with Gasteiger partial charge in [0, 0.05) is 24.2 Å². The first-order valence-corrected chi connectivity index (χ1v) is 8.06. The van der Waals surface area contributed by atoms with Crippen LogP contribution >= 0.6 is 0 Å². The molecule has 0 unspecified atom stereocenters. The van der Waals surface area contributed by atoms with Gasteiger partial charge in [-0.15, -0.1) is 0 Å². The largest absolute Gasteiger partial charge is 0.462 e. The molecule has 0 radical (unpaired) electrons. The number of Topliss-reactive ketones (excluding diaryl/α,β-unsaturated/α-hetero) is 1. The second-order valence-electron chi connectivity index (χ2n) is 7.66. The summed E-state index contributed by atoms with van der Waals surface area (Å²) in [6, 6.07) is 0. The molecule has 2 saturated heterocycles. The summed E-state index contributed by atoms with van der Waals surface area (Å²) in [7, 11) is 0. The summed E-state index contributed by atoms with van der Waals surface area (Å²) in [5.41, 5.74) is -1.67. The van der Waals surface area contributed by atoms with Crippen molar-refractivity contribution in [3.8, 4) is 0 Å². The summed E-state index contributed by atoms with van der Waals surface area (Å²) < 4.78 is 17.6. The monoisotopic (exact) mass is 322 g/mol. The zero-order valence-corrected chi connectivity index (χ0v) is 13.8. The van der Waals surface area contributed by atoms with E-state index in [4.69, 9.17) is 14.2 Å². The number of rotatable bonds is 1. The molecule has 2 aliphatic carbocycles. The Hall–Kier alpha value is -1.24. The Morgan fingerprint density at radius 2 is 2.09 bits per heavy atom. The van der Waals surface area contributed by atoms with Gasteiger partial charge in [-0.2, -0.15) is 0 Å². The van der Waals surface area contributed by atoms with E-state index in [0.29, 0.717) is 18.6 Å². The van der Waals surface area contributed by atoms with E-state index in [-0.39, 0.29) is 17.9 Å². The van der Waals surface area contributed by atoms with Gasteiger partial charge in [0.2, 0.25) is 0 Å². The zero-order chi connectivity index (χ0) is 16.8. The first-order chi connectivity index (χ1) is 10.7. The lowest BCUT2D eigenvalue weighted by atomic mass is 9.50. The molecule has 4 rings (SSSR count). The molecule has 4 aliphatic rings.